The second-order valence-corrected chi connectivity index (χ2v) is 8.85. The van der Waals surface area contributed by atoms with E-state index in [2.05, 4.69) is 5.10 Å². The fraction of sp³-hybridized carbons (Fsp3) is 0.800. The molecule has 3 heterocycles. The zero-order valence-electron chi connectivity index (χ0n) is 14.2. The first kappa shape index (κ1) is 18.7. The average molecular weight is 381 g/mol. The maximum absolute atomic E-state index is 13.6. The Kier molecular flexibility index (Phi) is 4.66. The van der Waals surface area contributed by atoms with Gasteiger partial charge in [0.1, 0.15) is 4.90 Å². The van der Waals surface area contributed by atoms with Crippen LogP contribution >= 0.6 is 0 Å². The molecule has 0 unspecified atom stereocenters. The van der Waals surface area contributed by atoms with E-state index in [4.69, 9.17) is 4.74 Å². The van der Waals surface area contributed by atoms with Crippen molar-refractivity contribution in [2.45, 2.75) is 37.3 Å². The fourth-order valence-corrected chi connectivity index (χ4v) is 5.84. The van der Waals surface area contributed by atoms with Gasteiger partial charge in [-0.15, -0.1) is 0 Å². The SMILES string of the molecule is Cc1nn(C)cc1S(=O)(=O)N1CC[C@H](C(F)(F)F)C2(CCOCC2)C1. The Balaban J connectivity index is 1.94. The van der Waals surface area contributed by atoms with E-state index in [-0.39, 0.29) is 50.5 Å². The third-order valence-electron chi connectivity index (χ3n) is 5.37. The van der Waals surface area contributed by atoms with Crippen LogP contribution in [0.2, 0.25) is 0 Å². The van der Waals surface area contributed by atoms with Crippen LogP contribution in [0.25, 0.3) is 0 Å². The Morgan fingerprint density at radius 3 is 2.48 bits per heavy atom. The van der Waals surface area contributed by atoms with E-state index >= 15 is 0 Å². The number of piperidine rings is 1. The number of rotatable bonds is 2. The molecule has 1 spiro atoms. The Hall–Kier alpha value is -1.13. The monoisotopic (exact) mass is 381 g/mol. The van der Waals surface area contributed by atoms with Crippen LogP contribution in [0.1, 0.15) is 25.0 Å². The summed E-state index contributed by atoms with van der Waals surface area (Å²) >= 11 is 0. The number of nitrogens with zero attached hydrogens (tertiary/aromatic N) is 3. The molecule has 0 amide bonds. The highest BCUT2D eigenvalue weighted by Gasteiger charge is 2.57. The molecule has 6 nitrogen and oxygen atoms in total. The van der Waals surface area contributed by atoms with Crippen LogP contribution in [0.5, 0.6) is 0 Å². The molecule has 0 N–H and O–H groups in total. The van der Waals surface area contributed by atoms with E-state index in [1.807, 2.05) is 0 Å². The summed E-state index contributed by atoms with van der Waals surface area (Å²) in [7, 11) is -2.26. The Morgan fingerprint density at radius 2 is 1.96 bits per heavy atom. The number of hydrogen-bond acceptors (Lipinski definition) is 4. The summed E-state index contributed by atoms with van der Waals surface area (Å²) in [5, 5.41) is 4.04. The molecule has 0 bridgehead atoms. The van der Waals surface area contributed by atoms with Gasteiger partial charge in [-0.3, -0.25) is 4.68 Å². The lowest BCUT2D eigenvalue weighted by molar-refractivity contribution is -0.231. The molecule has 10 heteroatoms. The van der Waals surface area contributed by atoms with Gasteiger partial charge in [-0.1, -0.05) is 0 Å². The van der Waals surface area contributed by atoms with Crippen molar-refractivity contribution in [1.82, 2.24) is 14.1 Å². The minimum Gasteiger partial charge on any atom is -0.381 e. The summed E-state index contributed by atoms with van der Waals surface area (Å²) in [6, 6.07) is 0. The first-order valence-corrected chi connectivity index (χ1v) is 9.65. The molecule has 0 aromatic carbocycles. The maximum atomic E-state index is 13.6. The molecule has 1 aromatic rings. The van der Waals surface area contributed by atoms with Gasteiger partial charge >= 0.3 is 6.18 Å². The smallest absolute Gasteiger partial charge is 0.381 e. The van der Waals surface area contributed by atoms with E-state index in [0.717, 1.165) is 0 Å². The zero-order valence-corrected chi connectivity index (χ0v) is 15.0. The summed E-state index contributed by atoms with van der Waals surface area (Å²) in [6.45, 7) is 1.78. The molecule has 2 aliphatic heterocycles. The predicted octanol–water partition coefficient (Wildman–Crippen LogP) is 2.10. The molecule has 2 fully saturated rings. The fourth-order valence-electron chi connectivity index (χ4n) is 4.09. The zero-order chi connectivity index (χ0) is 18.5. The third kappa shape index (κ3) is 3.31. The number of ether oxygens (including phenoxy) is 1. The van der Waals surface area contributed by atoms with Crippen molar-refractivity contribution in [2.75, 3.05) is 26.3 Å². The molecule has 25 heavy (non-hydrogen) atoms. The molecular formula is C15H22F3N3O3S. The van der Waals surface area contributed by atoms with Gasteiger partial charge < -0.3 is 4.74 Å². The van der Waals surface area contributed by atoms with Crippen LogP contribution in [-0.2, 0) is 21.8 Å². The van der Waals surface area contributed by atoms with Crippen LogP contribution in [0.4, 0.5) is 13.2 Å². The van der Waals surface area contributed by atoms with Gasteiger partial charge in [-0.25, -0.2) is 8.42 Å². The van der Waals surface area contributed by atoms with Crippen molar-refractivity contribution in [2.24, 2.45) is 18.4 Å². The highest BCUT2D eigenvalue weighted by molar-refractivity contribution is 7.89. The Bertz CT molecular complexity index is 739. The van der Waals surface area contributed by atoms with E-state index in [9.17, 15) is 21.6 Å². The van der Waals surface area contributed by atoms with Crippen LogP contribution < -0.4 is 0 Å². The van der Waals surface area contributed by atoms with Crippen LogP contribution in [0.3, 0.4) is 0 Å². The molecule has 2 aliphatic rings. The van der Waals surface area contributed by atoms with Crippen molar-refractivity contribution < 1.29 is 26.3 Å². The molecule has 0 aliphatic carbocycles. The lowest BCUT2D eigenvalue weighted by Gasteiger charge is -2.50. The number of hydrogen-bond donors (Lipinski definition) is 0. The van der Waals surface area contributed by atoms with Gasteiger partial charge in [0.2, 0.25) is 10.0 Å². The van der Waals surface area contributed by atoms with Gasteiger partial charge in [0, 0.05) is 45.0 Å². The summed E-state index contributed by atoms with van der Waals surface area (Å²) in [4.78, 5) is 0.0580. The number of aromatic nitrogens is 2. The van der Waals surface area contributed by atoms with E-state index in [1.54, 1.807) is 14.0 Å². The van der Waals surface area contributed by atoms with Gasteiger partial charge in [0.15, 0.2) is 0 Å². The summed E-state index contributed by atoms with van der Waals surface area (Å²) in [5.41, 5.74) is -0.765. The minimum absolute atomic E-state index is 0.0580. The van der Waals surface area contributed by atoms with Crippen molar-refractivity contribution in [1.29, 1.82) is 0 Å². The van der Waals surface area contributed by atoms with Crippen LogP contribution in [0.15, 0.2) is 11.1 Å². The standard InChI is InChI=1S/C15H22F3N3O3S/c1-11-12(9-20(2)19-11)25(22,23)21-6-3-13(15(16,17)18)14(10-21)4-7-24-8-5-14/h9,13H,3-8,10H2,1-2H3/t13-/m0/s1. The topological polar surface area (TPSA) is 64.4 Å². The summed E-state index contributed by atoms with van der Waals surface area (Å²) in [6.07, 6.45) is -2.72. The second kappa shape index (κ2) is 6.24. The number of aryl methyl sites for hydroxylation is 2. The lowest BCUT2D eigenvalue weighted by Crippen LogP contribution is -2.56. The lowest BCUT2D eigenvalue weighted by atomic mass is 9.66. The minimum atomic E-state index is -4.34. The number of sulfonamides is 1. The van der Waals surface area contributed by atoms with Crippen molar-refractivity contribution >= 4 is 10.0 Å². The predicted molar refractivity (Wildman–Crippen MR) is 83.4 cm³/mol. The van der Waals surface area contributed by atoms with Gasteiger partial charge in [-0.2, -0.15) is 22.6 Å². The molecule has 0 radical (unpaired) electrons. The van der Waals surface area contributed by atoms with Crippen molar-refractivity contribution in [3.8, 4) is 0 Å². The largest absolute Gasteiger partial charge is 0.392 e. The quantitative estimate of drug-likeness (QED) is 0.787. The van der Waals surface area contributed by atoms with Crippen LogP contribution in [0, 0.1) is 18.3 Å². The van der Waals surface area contributed by atoms with Gasteiger partial charge in [0.05, 0.1) is 11.6 Å². The van der Waals surface area contributed by atoms with E-state index < -0.39 is 27.5 Å². The molecule has 0 saturated carbocycles. The Labute approximate surface area is 145 Å². The average Bonchev–Trinajstić information content (AvgIpc) is 2.86. The van der Waals surface area contributed by atoms with Gasteiger partial charge in [-0.05, 0) is 26.2 Å². The number of alkyl halides is 3. The summed E-state index contributed by atoms with van der Waals surface area (Å²) < 4.78 is 74.4. The molecule has 3 rings (SSSR count). The first-order valence-electron chi connectivity index (χ1n) is 8.21. The van der Waals surface area contributed by atoms with Crippen molar-refractivity contribution in [3.05, 3.63) is 11.9 Å². The maximum Gasteiger partial charge on any atom is 0.392 e. The van der Waals surface area contributed by atoms with Crippen LogP contribution in [-0.4, -0.2) is 55.0 Å². The van der Waals surface area contributed by atoms with Crippen molar-refractivity contribution in [3.63, 3.8) is 0 Å². The van der Waals surface area contributed by atoms with E-state index in [1.165, 1.54) is 15.2 Å². The first-order chi connectivity index (χ1) is 11.6. The Morgan fingerprint density at radius 1 is 1.32 bits per heavy atom. The highest BCUT2D eigenvalue weighted by Crippen LogP contribution is 2.51. The molecule has 1 aromatic heterocycles. The normalized spacial score (nSPS) is 25.4. The highest BCUT2D eigenvalue weighted by atomic mass is 32.2. The van der Waals surface area contributed by atoms with E-state index in [0.29, 0.717) is 5.69 Å². The second-order valence-electron chi connectivity index (χ2n) is 6.95. The van der Waals surface area contributed by atoms with Gasteiger partial charge in [0.25, 0.3) is 0 Å². The molecular weight excluding hydrogens is 359 g/mol. The molecule has 142 valence electrons. The molecule has 2 saturated heterocycles. The summed E-state index contributed by atoms with van der Waals surface area (Å²) in [5.74, 6) is -1.50. The number of halogens is 3. The molecule has 1 atom stereocenters. The third-order valence-corrected chi connectivity index (χ3v) is 7.32.